The molecular weight excluding hydrogens is 456 g/mol. The van der Waals surface area contributed by atoms with Crippen LogP contribution in [0.1, 0.15) is 100 Å². The summed E-state index contributed by atoms with van der Waals surface area (Å²) in [6.45, 7) is 16.0. The predicted octanol–water partition coefficient (Wildman–Crippen LogP) is 5.56. The third-order valence-corrected chi connectivity index (χ3v) is 11.6. The number of carboxylic acid groups (broad SMARTS) is 1. The lowest BCUT2D eigenvalue weighted by atomic mass is 9.36. The van der Waals surface area contributed by atoms with Gasteiger partial charge in [-0.05, 0) is 107 Å². The second-order valence-corrected chi connectivity index (χ2v) is 14.4. The Hall–Kier alpha value is -1.69. The fourth-order valence-corrected chi connectivity index (χ4v) is 9.96. The lowest BCUT2D eigenvalue weighted by Gasteiger charge is -2.70. The van der Waals surface area contributed by atoms with Gasteiger partial charge in [-0.2, -0.15) is 0 Å². The van der Waals surface area contributed by atoms with E-state index in [-0.39, 0.29) is 65.2 Å². The SMILES string of the molecule is CC(C)=CC(=O)C[C@@](C)(O)[C@H]1CC[C@]2(C)[C@@H]1C[C@H]1OC(=O)C[C@]3(C)[C@@H]1[C@@]2(C)CC[C@H]3C(C)(C)C(=O)O. The van der Waals surface area contributed by atoms with Crippen molar-refractivity contribution < 1.29 is 29.3 Å². The highest BCUT2D eigenvalue weighted by Gasteiger charge is 2.73. The summed E-state index contributed by atoms with van der Waals surface area (Å²) in [6.07, 6.45) is 5.74. The lowest BCUT2D eigenvalue weighted by Crippen LogP contribution is -2.68. The van der Waals surface area contributed by atoms with Crippen LogP contribution in [-0.4, -0.2) is 39.6 Å². The largest absolute Gasteiger partial charge is 0.481 e. The van der Waals surface area contributed by atoms with Crippen LogP contribution in [0, 0.1) is 45.3 Å². The van der Waals surface area contributed by atoms with E-state index in [0.717, 1.165) is 31.3 Å². The molecule has 6 heteroatoms. The Morgan fingerprint density at radius 2 is 1.69 bits per heavy atom. The molecule has 202 valence electrons. The molecule has 0 amide bonds. The molecule has 4 aliphatic rings. The van der Waals surface area contributed by atoms with E-state index in [2.05, 4.69) is 20.8 Å². The number of fused-ring (bicyclic) bond motifs is 2. The first-order valence-electron chi connectivity index (χ1n) is 13.7. The molecule has 1 saturated heterocycles. The molecule has 4 rings (SSSR count). The molecule has 0 radical (unpaired) electrons. The van der Waals surface area contributed by atoms with Crippen LogP contribution in [0.25, 0.3) is 0 Å². The molecule has 4 fully saturated rings. The van der Waals surface area contributed by atoms with E-state index in [1.165, 1.54) is 0 Å². The van der Waals surface area contributed by atoms with Crippen molar-refractivity contribution in [2.75, 3.05) is 0 Å². The van der Waals surface area contributed by atoms with Gasteiger partial charge in [0.15, 0.2) is 5.78 Å². The summed E-state index contributed by atoms with van der Waals surface area (Å²) in [7, 11) is 0. The highest BCUT2D eigenvalue weighted by molar-refractivity contribution is 5.90. The Bertz CT molecular complexity index is 989. The fraction of sp³-hybridized carbons (Fsp3) is 0.833. The van der Waals surface area contributed by atoms with Gasteiger partial charge in [0.1, 0.15) is 6.10 Å². The maximum atomic E-state index is 13.0. The number of carbonyl (C=O) groups excluding carboxylic acids is 2. The molecule has 0 spiro atoms. The molecule has 0 aromatic carbocycles. The molecule has 36 heavy (non-hydrogen) atoms. The summed E-state index contributed by atoms with van der Waals surface area (Å²) in [5, 5.41) is 21.8. The maximum absolute atomic E-state index is 13.0. The van der Waals surface area contributed by atoms with Crippen molar-refractivity contribution in [3.8, 4) is 0 Å². The van der Waals surface area contributed by atoms with Crippen LogP contribution in [0.2, 0.25) is 0 Å². The average Bonchev–Trinajstić information content (AvgIpc) is 3.04. The minimum atomic E-state index is -1.14. The van der Waals surface area contributed by atoms with Crippen LogP contribution in [0.3, 0.4) is 0 Å². The van der Waals surface area contributed by atoms with Crippen LogP contribution in [0.4, 0.5) is 0 Å². The van der Waals surface area contributed by atoms with Gasteiger partial charge >= 0.3 is 11.9 Å². The predicted molar refractivity (Wildman–Crippen MR) is 137 cm³/mol. The number of esters is 1. The maximum Gasteiger partial charge on any atom is 0.309 e. The number of allylic oxidation sites excluding steroid dienone is 2. The zero-order valence-electron chi connectivity index (χ0n) is 23.4. The van der Waals surface area contributed by atoms with Gasteiger partial charge in [-0.15, -0.1) is 0 Å². The van der Waals surface area contributed by atoms with Gasteiger partial charge < -0.3 is 14.9 Å². The molecular formula is C30H46O6. The Labute approximate surface area is 216 Å². The molecule has 0 unspecified atom stereocenters. The van der Waals surface area contributed by atoms with Gasteiger partial charge in [-0.25, -0.2) is 0 Å². The number of aliphatic hydroxyl groups is 1. The normalized spacial score (nSPS) is 43.5. The van der Waals surface area contributed by atoms with E-state index < -0.39 is 22.4 Å². The first-order chi connectivity index (χ1) is 16.4. The topological polar surface area (TPSA) is 101 Å². The Morgan fingerprint density at radius 3 is 2.28 bits per heavy atom. The number of carboxylic acids is 1. The number of hydrogen-bond donors (Lipinski definition) is 2. The number of aliphatic carboxylic acids is 1. The van der Waals surface area contributed by atoms with Gasteiger partial charge in [0.05, 0.1) is 17.4 Å². The molecule has 3 saturated carbocycles. The first kappa shape index (κ1) is 27.3. The zero-order valence-corrected chi connectivity index (χ0v) is 23.4. The van der Waals surface area contributed by atoms with Crippen LogP contribution in [-0.2, 0) is 19.1 Å². The summed E-state index contributed by atoms with van der Waals surface area (Å²) >= 11 is 0. The summed E-state index contributed by atoms with van der Waals surface area (Å²) in [5.41, 5.74) is -1.87. The van der Waals surface area contributed by atoms with E-state index in [1.54, 1.807) is 13.0 Å². The third-order valence-electron chi connectivity index (χ3n) is 11.6. The number of ether oxygens (including phenoxy) is 1. The molecule has 0 bridgehead atoms. The summed E-state index contributed by atoms with van der Waals surface area (Å²) in [5.74, 6) is -1.10. The van der Waals surface area contributed by atoms with Crippen LogP contribution in [0.5, 0.6) is 0 Å². The Morgan fingerprint density at radius 1 is 1.08 bits per heavy atom. The second-order valence-electron chi connectivity index (χ2n) is 14.4. The van der Waals surface area contributed by atoms with Gasteiger partial charge in [-0.1, -0.05) is 26.3 Å². The fourth-order valence-electron chi connectivity index (χ4n) is 9.96. The molecule has 3 aliphatic carbocycles. The molecule has 1 aliphatic heterocycles. The van der Waals surface area contributed by atoms with E-state index in [9.17, 15) is 24.6 Å². The summed E-state index contributed by atoms with van der Waals surface area (Å²) < 4.78 is 6.08. The van der Waals surface area contributed by atoms with Crippen molar-refractivity contribution in [1.29, 1.82) is 0 Å². The number of rotatable bonds is 6. The monoisotopic (exact) mass is 502 g/mol. The van der Waals surface area contributed by atoms with Crippen molar-refractivity contribution in [2.45, 2.75) is 112 Å². The van der Waals surface area contributed by atoms with Crippen molar-refractivity contribution in [3.63, 3.8) is 0 Å². The molecule has 0 aromatic rings. The minimum absolute atomic E-state index is 0.0541. The second kappa shape index (κ2) is 8.41. The first-order valence-corrected chi connectivity index (χ1v) is 13.7. The molecule has 1 heterocycles. The van der Waals surface area contributed by atoms with Gasteiger partial charge in [0, 0.05) is 12.3 Å². The number of ketones is 1. The summed E-state index contributed by atoms with van der Waals surface area (Å²) in [6, 6.07) is 0. The molecule has 9 atom stereocenters. The zero-order chi connectivity index (χ0) is 27.1. The molecule has 6 nitrogen and oxygen atoms in total. The van der Waals surface area contributed by atoms with Crippen molar-refractivity contribution in [1.82, 2.24) is 0 Å². The van der Waals surface area contributed by atoms with Gasteiger partial charge in [0.2, 0.25) is 0 Å². The molecule has 0 aromatic heterocycles. The van der Waals surface area contributed by atoms with Gasteiger partial charge in [-0.3, -0.25) is 14.4 Å². The Balaban J connectivity index is 1.74. The van der Waals surface area contributed by atoms with Crippen molar-refractivity contribution in [2.24, 2.45) is 45.3 Å². The smallest absolute Gasteiger partial charge is 0.309 e. The highest BCUT2D eigenvalue weighted by Crippen LogP contribution is 2.75. The quantitative estimate of drug-likeness (QED) is 0.364. The van der Waals surface area contributed by atoms with Crippen LogP contribution < -0.4 is 0 Å². The number of carbonyl (C=O) groups is 3. The standard InChI is InChI=1S/C30H46O6/c1-17(2)13-18(31)15-30(8,35)19-9-11-28(6)20(19)14-21-24-27(5,16-23(32)36-21)22(10-12-29(24,28)7)26(3,4)25(33)34/h13,19-22,24,35H,9-12,14-16H2,1-8H3,(H,33,34)/t19-,20+,21+,22-,24+,27-,28+,29+,30+/m0/s1. The highest BCUT2D eigenvalue weighted by atomic mass is 16.5. The van der Waals surface area contributed by atoms with Crippen LogP contribution >= 0.6 is 0 Å². The van der Waals surface area contributed by atoms with Crippen molar-refractivity contribution >= 4 is 17.7 Å². The number of hydrogen-bond acceptors (Lipinski definition) is 5. The van der Waals surface area contributed by atoms with Crippen molar-refractivity contribution in [3.05, 3.63) is 11.6 Å². The Kier molecular flexibility index (Phi) is 6.39. The third kappa shape index (κ3) is 3.80. The lowest BCUT2D eigenvalue weighted by molar-refractivity contribution is -0.263. The van der Waals surface area contributed by atoms with Gasteiger partial charge in [0.25, 0.3) is 0 Å². The minimum Gasteiger partial charge on any atom is -0.481 e. The summed E-state index contributed by atoms with van der Waals surface area (Å²) in [4.78, 5) is 38.0. The van der Waals surface area contributed by atoms with Crippen LogP contribution in [0.15, 0.2) is 11.6 Å². The van der Waals surface area contributed by atoms with E-state index in [0.29, 0.717) is 6.42 Å². The molecule has 2 N–H and O–H groups in total. The van der Waals surface area contributed by atoms with E-state index >= 15 is 0 Å². The van der Waals surface area contributed by atoms with E-state index in [4.69, 9.17) is 4.74 Å². The van der Waals surface area contributed by atoms with E-state index in [1.807, 2.05) is 27.7 Å². The average molecular weight is 503 g/mol.